The monoisotopic (exact) mass is 357 g/mol. The van der Waals surface area contributed by atoms with Crippen LogP contribution in [0, 0.1) is 5.82 Å². The van der Waals surface area contributed by atoms with E-state index in [1.165, 1.54) is 37.1 Å². The quantitative estimate of drug-likeness (QED) is 0.763. The van der Waals surface area contributed by atoms with Crippen LogP contribution < -0.4 is 14.8 Å². The molecule has 5 heteroatoms. The molecular formula is C21H24FNO3. The Morgan fingerprint density at radius 2 is 1.69 bits per heavy atom. The van der Waals surface area contributed by atoms with Gasteiger partial charge in [-0.2, -0.15) is 0 Å². The van der Waals surface area contributed by atoms with E-state index < -0.39 is 6.10 Å². The van der Waals surface area contributed by atoms with Crippen molar-refractivity contribution in [2.24, 2.45) is 0 Å². The first-order chi connectivity index (χ1) is 12.6. The second kappa shape index (κ2) is 8.70. The minimum atomic E-state index is -0.644. The highest BCUT2D eigenvalue weighted by Gasteiger charge is 2.19. The SMILES string of the molecule is CC[C@@H](Oc1ccc(F)cc1)C(=O)Nc1ccc(OC2CCCC2)cc1. The number of rotatable bonds is 7. The van der Waals surface area contributed by atoms with E-state index >= 15 is 0 Å². The molecule has 1 saturated carbocycles. The van der Waals surface area contributed by atoms with E-state index in [0.29, 0.717) is 24.0 Å². The van der Waals surface area contributed by atoms with E-state index in [1.54, 1.807) is 0 Å². The third kappa shape index (κ3) is 4.97. The van der Waals surface area contributed by atoms with Crippen molar-refractivity contribution >= 4 is 11.6 Å². The van der Waals surface area contributed by atoms with Crippen LogP contribution in [0.5, 0.6) is 11.5 Å². The molecule has 4 nitrogen and oxygen atoms in total. The first-order valence-electron chi connectivity index (χ1n) is 9.14. The lowest BCUT2D eigenvalue weighted by Gasteiger charge is -2.18. The van der Waals surface area contributed by atoms with Crippen LogP contribution in [0.3, 0.4) is 0 Å². The topological polar surface area (TPSA) is 47.6 Å². The van der Waals surface area contributed by atoms with E-state index in [-0.39, 0.29) is 11.7 Å². The van der Waals surface area contributed by atoms with Gasteiger partial charge < -0.3 is 14.8 Å². The van der Waals surface area contributed by atoms with E-state index in [2.05, 4.69) is 5.32 Å². The molecule has 0 saturated heterocycles. The van der Waals surface area contributed by atoms with Crippen molar-refractivity contribution in [1.82, 2.24) is 0 Å². The lowest BCUT2D eigenvalue weighted by molar-refractivity contribution is -0.122. The van der Waals surface area contributed by atoms with Crippen LogP contribution in [0.25, 0.3) is 0 Å². The number of ether oxygens (including phenoxy) is 2. The van der Waals surface area contributed by atoms with Crippen LogP contribution in [0.15, 0.2) is 48.5 Å². The number of anilines is 1. The van der Waals surface area contributed by atoms with Gasteiger partial charge >= 0.3 is 0 Å². The summed E-state index contributed by atoms with van der Waals surface area (Å²) in [6.07, 6.45) is 4.84. The molecule has 0 unspecified atom stereocenters. The molecule has 0 aliphatic heterocycles. The molecule has 1 aliphatic carbocycles. The van der Waals surface area contributed by atoms with Gasteiger partial charge in [0.2, 0.25) is 0 Å². The van der Waals surface area contributed by atoms with Gasteiger partial charge in [0.05, 0.1) is 6.10 Å². The van der Waals surface area contributed by atoms with E-state index in [4.69, 9.17) is 9.47 Å². The number of benzene rings is 2. The lowest BCUT2D eigenvalue weighted by atomic mass is 10.2. The fourth-order valence-corrected chi connectivity index (χ4v) is 3.04. The molecule has 1 fully saturated rings. The third-order valence-electron chi connectivity index (χ3n) is 4.48. The van der Waals surface area contributed by atoms with Crippen LogP contribution in [0.1, 0.15) is 39.0 Å². The van der Waals surface area contributed by atoms with Gasteiger partial charge in [-0.15, -0.1) is 0 Å². The molecule has 138 valence electrons. The minimum absolute atomic E-state index is 0.235. The summed E-state index contributed by atoms with van der Waals surface area (Å²) >= 11 is 0. The number of amides is 1. The number of halogens is 1. The molecule has 0 radical (unpaired) electrons. The molecule has 0 heterocycles. The van der Waals surface area contributed by atoms with Crippen molar-refractivity contribution in [3.8, 4) is 11.5 Å². The second-order valence-electron chi connectivity index (χ2n) is 6.51. The predicted molar refractivity (Wildman–Crippen MR) is 99.1 cm³/mol. The van der Waals surface area contributed by atoms with Crippen molar-refractivity contribution < 1.29 is 18.7 Å². The van der Waals surface area contributed by atoms with Crippen LogP contribution in [-0.4, -0.2) is 18.1 Å². The van der Waals surface area contributed by atoms with E-state index in [1.807, 2.05) is 31.2 Å². The Hall–Kier alpha value is -2.56. The Kier molecular flexibility index (Phi) is 6.10. The summed E-state index contributed by atoms with van der Waals surface area (Å²) in [5.74, 6) is 0.717. The summed E-state index contributed by atoms with van der Waals surface area (Å²) < 4.78 is 24.6. The van der Waals surface area contributed by atoms with Gasteiger partial charge in [-0.05, 0) is 80.6 Å². The van der Waals surface area contributed by atoms with E-state index in [0.717, 1.165) is 18.6 Å². The minimum Gasteiger partial charge on any atom is -0.490 e. The summed E-state index contributed by atoms with van der Waals surface area (Å²) in [5.41, 5.74) is 0.690. The average Bonchev–Trinajstić information content (AvgIpc) is 3.16. The molecule has 3 rings (SSSR count). The summed E-state index contributed by atoms with van der Waals surface area (Å²) in [6.45, 7) is 1.87. The van der Waals surface area contributed by atoms with Gasteiger partial charge in [0.15, 0.2) is 6.10 Å². The normalized spacial score (nSPS) is 15.5. The molecule has 26 heavy (non-hydrogen) atoms. The maximum atomic E-state index is 13.0. The molecule has 1 atom stereocenters. The Labute approximate surface area is 153 Å². The molecular weight excluding hydrogens is 333 g/mol. The Balaban J connectivity index is 1.55. The first kappa shape index (κ1) is 18.2. The molecule has 1 N–H and O–H groups in total. The van der Waals surface area contributed by atoms with Gasteiger partial charge in [0.25, 0.3) is 5.91 Å². The van der Waals surface area contributed by atoms with Crippen LogP contribution in [-0.2, 0) is 4.79 Å². The highest BCUT2D eigenvalue weighted by atomic mass is 19.1. The van der Waals surface area contributed by atoms with Crippen LogP contribution >= 0.6 is 0 Å². The number of carbonyl (C=O) groups excluding carboxylic acids is 1. The molecule has 0 aromatic heterocycles. The lowest BCUT2D eigenvalue weighted by Crippen LogP contribution is -2.32. The van der Waals surface area contributed by atoms with E-state index in [9.17, 15) is 9.18 Å². The third-order valence-corrected chi connectivity index (χ3v) is 4.48. The molecule has 1 amide bonds. The number of nitrogens with one attached hydrogen (secondary N) is 1. The van der Waals surface area contributed by atoms with Crippen molar-refractivity contribution in [3.05, 3.63) is 54.3 Å². The Bertz CT molecular complexity index is 709. The zero-order valence-corrected chi connectivity index (χ0v) is 14.9. The van der Waals surface area contributed by atoms with Gasteiger partial charge in [-0.3, -0.25) is 4.79 Å². The van der Waals surface area contributed by atoms with Crippen molar-refractivity contribution in [1.29, 1.82) is 0 Å². The molecule has 0 bridgehead atoms. The van der Waals surface area contributed by atoms with Crippen molar-refractivity contribution in [3.63, 3.8) is 0 Å². The van der Waals surface area contributed by atoms with Crippen molar-refractivity contribution in [2.75, 3.05) is 5.32 Å². The number of hydrogen-bond acceptors (Lipinski definition) is 3. The maximum absolute atomic E-state index is 13.0. The van der Waals surface area contributed by atoms with Crippen molar-refractivity contribution in [2.45, 2.75) is 51.2 Å². The van der Waals surface area contributed by atoms with Crippen LogP contribution in [0.2, 0.25) is 0 Å². The predicted octanol–water partition coefficient (Wildman–Crippen LogP) is 4.94. The average molecular weight is 357 g/mol. The zero-order valence-electron chi connectivity index (χ0n) is 14.9. The highest BCUT2D eigenvalue weighted by Crippen LogP contribution is 2.25. The van der Waals surface area contributed by atoms with Gasteiger partial charge in [-0.25, -0.2) is 4.39 Å². The summed E-state index contributed by atoms with van der Waals surface area (Å²) in [5, 5.41) is 2.85. The molecule has 1 aliphatic rings. The fraction of sp³-hybridized carbons (Fsp3) is 0.381. The van der Waals surface area contributed by atoms with Gasteiger partial charge in [-0.1, -0.05) is 6.92 Å². The van der Waals surface area contributed by atoms with Gasteiger partial charge in [0, 0.05) is 5.69 Å². The standard InChI is InChI=1S/C21H24FNO3/c1-2-20(26-19-11-7-15(22)8-12-19)21(24)23-16-9-13-18(14-10-16)25-17-5-3-4-6-17/h7-14,17,20H,2-6H2,1H3,(H,23,24)/t20-/m1/s1. The smallest absolute Gasteiger partial charge is 0.265 e. The number of carbonyl (C=O) groups is 1. The second-order valence-corrected chi connectivity index (χ2v) is 6.51. The Morgan fingerprint density at radius 3 is 2.31 bits per heavy atom. The summed E-state index contributed by atoms with van der Waals surface area (Å²) in [4.78, 5) is 12.4. The summed E-state index contributed by atoms with van der Waals surface area (Å²) in [7, 11) is 0. The number of hydrogen-bond donors (Lipinski definition) is 1. The van der Waals surface area contributed by atoms with Gasteiger partial charge in [0.1, 0.15) is 17.3 Å². The Morgan fingerprint density at radius 1 is 1.08 bits per heavy atom. The molecule has 2 aromatic carbocycles. The fourth-order valence-electron chi connectivity index (χ4n) is 3.04. The largest absolute Gasteiger partial charge is 0.490 e. The highest BCUT2D eigenvalue weighted by molar-refractivity contribution is 5.94. The summed E-state index contributed by atoms with van der Waals surface area (Å²) in [6, 6.07) is 13.0. The first-order valence-corrected chi connectivity index (χ1v) is 9.14. The molecule has 2 aromatic rings. The maximum Gasteiger partial charge on any atom is 0.265 e. The van der Waals surface area contributed by atoms with Crippen LogP contribution in [0.4, 0.5) is 10.1 Å². The zero-order chi connectivity index (χ0) is 18.4. The molecule has 0 spiro atoms.